The van der Waals surface area contributed by atoms with E-state index in [0.29, 0.717) is 0 Å². The zero-order chi connectivity index (χ0) is 18.1. The fourth-order valence-corrected chi connectivity index (χ4v) is 3.76. The highest BCUT2D eigenvalue weighted by atomic mass is 15.1. The maximum absolute atomic E-state index is 2.28. The number of para-hydroxylation sites is 1. The van der Waals surface area contributed by atoms with Crippen molar-refractivity contribution in [1.29, 1.82) is 0 Å². The molecule has 0 aliphatic rings. The first-order valence-corrected chi connectivity index (χ1v) is 9.04. The molecule has 0 unspecified atom stereocenters. The molecule has 4 aromatic carbocycles. The Balaban J connectivity index is 2.01. The number of benzene rings is 4. The van der Waals surface area contributed by atoms with Gasteiger partial charge in [0.15, 0.2) is 0 Å². The zero-order valence-corrected chi connectivity index (χ0v) is 15.5. The second-order valence-corrected chi connectivity index (χ2v) is 6.84. The summed E-state index contributed by atoms with van der Waals surface area (Å²) >= 11 is 0. The summed E-state index contributed by atoms with van der Waals surface area (Å²) in [7, 11) is 2.15. The largest absolute Gasteiger partial charge is 0.344 e. The molecule has 0 fully saturated rings. The molecule has 4 aromatic rings. The first kappa shape index (κ1) is 16.4. The molecule has 0 spiro atoms. The minimum Gasteiger partial charge on any atom is -0.344 e. The number of hydrogen-bond donors (Lipinski definition) is 0. The van der Waals surface area contributed by atoms with Crippen LogP contribution in [0.5, 0.6) is 0 Å². The van der Waals surface area contributed by atoms with Gasteiger partial charge in [-0.3, -0.25) is 0 Å². The third kappa shape index (κ3) is 2.76. The van der Waals surface area contributed by atoms with Gasteiger partial charge < -0.3 is 4.90 Å². The highest BCUT2D eigenvalue weighted by Crippen LogP contribution is 2.41. The fraction of sp³-hybridized carbons (Fsp3) is 0.120. The summed E-state index contributed by atoms with van der Waals surface area (Å²) in [4.78, 5) is 2.28. The lowest BCUT2D eigenvalue weighted by molar-refractivity contribution is 1.20. The van der Waals surface area contributed by atoms with Crippen LogP contribution >= 0.6 is 0 Å². The minimum atomic E-state index is 1.19. The fourth-order valence-electron chi connectivity index (χ4n) is 3.76. The monoisotopic (exact) mass is 337 g/mol. The molecule has 0 saturated heterocycles. The van der Waals surface area contributed by atoms with Crippen molar-refractivity contribution in [2.75, 3.05) is 11.9 Å². The van der Waals surface area contributed by atoms with Crippen LogP contribution in [0, 0.1) is 13.8 Å². The molecular formula is C25H23N. The predicted octanol–water partition coefficient (Wildman–Crippen LogP) is 6.89. The van der Waals surface area contributed by atoms with Crippen LogP contribution in [0.25, 0.3) is 21.9 Å². The quantitative estimate of drug-likeness (QED) is 0.393. The predicted molar refractivity (Wildman–Crippen MR) is 113 cm³/mol. The number of rotatable bonds is 3. The summed E-state index contributed by atoms with van der Waals surface area (Å²) in [5.41, 5.74) is 7.67. The molecule has 0 amide bonds. The van der Waals surface area contributed by atoms with Crippen LogP contribution in [0.1, 0.15) is 11.1 Å². The van der Waals surface area contributed by atoms with Crippen LogP contribution in [0.3, 0.4) is 0 Å². The Bertz CT molecular complexity index is 1060. The van der Waals surface area contributed by atoms with Crippen LogP contribution in [-0.2, 0) is 0 Å². The van der Waals surface area contributed by atoms with Gasteiger partial charge in [-0.15, -0.1) is 0 Å². The Kier molecular flexibility index (Phi) is 4.22. The van der Waals surface area contributed by atoms with Gasteiger partial charge in [0, 0.05) is 24.0 Å². The van der Waals surface area contributed by atoms with Gasteiger partial charge in [0.05, 0.1) is 0 Å². The summed E-state index contributed by atoms with van der Waals surface area (Å²) in [6, 6.07) is 30.2. The second kappa shape index (κ2) is 6.68. The van der Waals surface area contributed by atoms with E-state index in [1.165, 1.54) is 44.4 Å². The standard InChI is InChI=1S/C25H23N/c1-18-10-9-15-23(26(3)21-12-5-4-6-13-21)25(18)24-19(2)16-17-20-11-7-8-14-22(20)24/h4-17H,1-3H3. The number of anilines is 2. The molecule has 0 aliphatic heterocycles. The first-order chi connectivity index (χ1) is 12.7. The van der Waals surface area contributed by atoms with Crippen LogP contribution < -0.4 is 4.90 Å². The summed E-state index contributed by atoms with van der Waals surface area (Å²) in [6.45, 7) is 4.42. The van der Waals surface area contributed by atoms with Gasteiger partial charge >= 0.3 is 0 Å². The SMILES string of the molecule is Cc1cccc(N(C)c2ccccc2)c1-c1c(C)ccc2ccccc12. The van der Waals surface area contributed by atoms with E-state index in [1.807, 2.05) is 0 Å². The smallest absolute Gasteiger partial charge is 0.0490 e. The molecule has 0 heterocycles. The van der Waals surface area contributed by atoms with E-state index >= 15 is 0 Å². The summed E-state index contributed by atoms with van der Waals surface area (Å²) < 4.78 is 0. The van der Waals surface area contributed by atoms with E-state index < -0.39 is 0 Å². The minimum absolute atomic E-state index is 1.19. The molecular weight excluding hydrogens is 314 g/mol. The maximum Gasteiger partial charge on any atom is 0.0490 e. The van der Waals surface area contributed by atoms with E-state index in [4.69, 9.17) is 0 Å². The molecule has 0 bridgehead atoms. The zero-order valence-electron chi connectivity index (χ0n) is 15.5. The molecule has 0 aliphatic carbocycles. The van der Waals surface area contributed by atoms with Crippen LogP contribution in [0.15, 0.2) is 84.9 Å². The molecule has 0 aromatic heterocycles. The lowest BCUT2D eigenvalue weighted by Crippen LogP contribution is -2.11. The maximum atomic E-state index is 2.28. The topological polar surface area (TPSA) is 3.24 Å². The summed E-state index contributed by atoms with van der Waals surface area (Å²) in [5.74, 6) is 0. The first-order valence-electron chi connectivity index (χ1n) is 9.04. The van der Waals surface area contributed by atoms with Gasteiger partial charge in [-0.2, -0.15) is 0 Å². The van der Waals surface area contributed by atoms with Gasteiger partial charge in [-0.1, -0.05) is 66.7 Å². The van der Waals surface area contributed by atoms with Crippen molar-refractivity contribution in [3.05, 3.63) is 96.1 Å². The van der Waals surface area contributed by atoms with Crippen LogP contribution in [0.4, 0.5) is 11.4 Å². The van der Waals surface area contributed by atoms with Crippen molar-refractivity contribution in [3.8, 4) is 11.1 Å². The Morgan fingerprint density at radius 1 is 0.577 bits per heavy atom. The van der Waals surface area contributed by atoms with Crippen molar-refractivity contribution in [3.63, 3.8) is 0 Å². The molecule has 128 valence electrons. The molecule has 1 heteroatoms. The Morgan fingerprint density at radius 2 is 1.27 bits per heavy atom. The van der Waals surface area contributed by atoms with Crippen molar-refractivity contribution < 1.29 is 0 Å². The molecule has 0 saturated carbocycles. The lowest BCUT2D eigenvalue weighted by Gasteiger charge is -2.25. The molecule has 0 N–H and O–H groups in total. The van der Waals surface area contributed by atoms with Crippen LogP contribution in [-0.4, -0.2) is 7.05 Å². The molecule has 1 nitrogen and oxygen atoms in total. The van der Waals surface area contributed by atoms with E-state index in [-0.39, 0.29) is 0 Å². The molecule has 0 atom stereocenters. The van der Waals surface area contributed by atoms with Crippen molar-refractivity contribution in [2.24, 2.45) is 0 Å². The van der Waals surface area contributed by atoms with E-state index in [0.717, 1.165) is 0 Å². The number of fused-ring (bicyclic) bond motifs is 1. The average molecular weight is 337 g/mol. The van der Waals surface area contributed by atoms with Gasteiger partial charge in [0.2, 0.25) is 0 Å². The molecule has 4 rings (SSSR count). The van der Waals surface area contributed by atoms with E-state index in [1.54, 1.807) is 0 Å². The Labute approximate surface area is 155 Å². The average Bonchev–Trinajstić information content (AvgIpc) is 2.68. The lowest BCUT2D eigenvalue weighted by atomic mass is 9.90. The number of hydrogen-bond acceptors (Lipinski definition) is 1. The highest BCUT2D eigenvalue weighted by molar-refractivity contribution is 6.02. The van der Waals surface area contributed by atoms with Crippen molar-refractivity contribution in [2.45, 2.75) is 13.8 Å². The van der Waals surface area contributed by atoms with Gasteiger partial charge in [0.1, 0.15) is 0 Å². The molecule has 26 heavy (non-hydrogen) atoms. The second-order valence-electron chi connectivity index (χ2n) is 6.84. The van der Waals surface area contributed by atoms with Gasteiger partial charge in [-0.05, 0) is 59.5 Å². The number of aryl methyl sites for hydroxylation is 2. The summed E-state index contributed by atoms with van der Waals surface area (Å²) in [6.07, 6.45) is 0. The van der Waals surface area contributed by atoms with E-state index in [2.05, 4.69) is 111 Å². The third-order valence-electron chi connectivity index (χ3n) is 5.14. The van der Waals surface area contributed by atoms with Crippen molar-refractivity contribution >= 4 is 22.1 Å². The van der Waals surface area contributed by atoms with E-state index in [9.17, 15) is 0 Å². The Hall–Kier alpha value is -3.06. The Morgan fingerprint density at radius 3 is 2.08 bits per heavy atom. The highest BCUT2D eigenvalue weighted by Gasteiger charge is 2.17. The van der Waals surface area contributed by atoms with Gasteiger partial charge in [0.25, 0.3) is 0 Å². The normalized spacial score (nSPS) is 10.9. The number of nitrogens with zero attached hydrogens (tertiary/aromatic N) is 1. The molecule has 0 radical (unpaired) electrons. The van der Waals surface area contributed by atoms with Crippen molar-refractivity contribution in [1.82, 2.24) is 0 Å². The van der Waals surface area contributed by atoms with Crippen LogP contribution in [0.2, 0.25) is 0 Å². The van der Waals surface area contributed by atoms with Gasteiger partial charge in [-0.25, -0.2) is 0 Å². The third-order valence-corrected chi connectivity index (χ3v) is 5.14. The summed E-state index contributed by atoms with van der Waals surface area (Å²) in [5, 5.41) is 2.59.